The fourth-order valence-electron chi connectivity index (χ4n) is 3.48. The Kier molecular flexibility index (Phi) is 4.64. The standard InChI is InChI=1S/C14H25N3O2S/c1-10(2)6-16-5-3-4-14(8-16)9-17(13(14)19)11(7-20)12(15)18/h10-11,20H,3-9H2,1-2H3,(H2,15,18)/t11-,14?/m0/s1. The number of amides is 2. The second kappa shape index (κ2) is 5.93. The molecule has 2 fully saturated rings. The Morgan fingerprint density at radius 3 is 2.65 bits per heavy atom. The van der Waals surface area contributed by atoms with E-state index in [1.165, 1.54) is 0 Å². The molecule has 2 atom stereocenters. The minimum atomic E-state index is -0.558. The van der Waals surface area contributed by atoms with Gasteiger partial charge in [-0.3, -0.25) is 9.59 Å². The van der Waals surface area contributed by atoms with E-state index in [0.717, 1.165) is 32.5 Å². The van der Waals surface area contributed by atoms with Gasteiger partial charge in [0.05, 0.1) is 5.41 Å². The first-order valence-electron chi connectivity index (χ1n) is 7.33. The van der Waals surface area contributed by atoms with Gasteiger partial charge in [-0.25, -0.2) is 0 Å². The molecule has 2 amide bonds. The number of β-lactam (4-membered cyclic amide) rings is 1. The van der Waals surface area contributed by atoms with E-state index in [4.69, 9.17) is 5.73 Å². The lowest BCUT2D eigenvalue weighted by molar-refractivity contribution is -0.172. The molecule has 2 rings (SSSR count). The molecule has 0 aromatic rings. The van der Waals surface area contributed by atoms with Gasteiger partial charge < -0.3 is 15.5 Å². The van der Waals surface area contributed by atoms with Crippen molar-refractivity contribution in [1.29, 1.82) is 0 Å². The number of nitrogens with zero attached hydrogens (tertiary/aromatic N) is 2. The number of carbonyl (C=O) groups excluding carboxylic acids is 2. The Balaban J connectivity index is 2.00. The second-order valence-corrected chi connectivity index (χ2v) is 6.91. The van der Waals surface area contributed by atoms with Gasteiger partial charge in [0.25, 0.3) is 0 Å². The predicted octanol–water partition coefficient (Wildman–Crippen LogP) is 0.351. The van der Waals surface area contributed by atoms with Crippen LogP contribution in [-0.2, 0) is 9.59 Å². The first-order valence-corrected chi connectivity index (χ1v) is 7.96. The summed E-state index contributed by atoms with van der Waals surface area (Å²) in [6, 6.07) is -0.558. The summed E-state index contributed by atoms with van der Waals surface area (Å²) in [5.41, 5.74) is 5.06. The predicted molar refractivity (Wildman–Crippen MR) is 81.5 cm³/mol. The Morgan fingerprint density at radius 2 is 2.15 bits per heavy atom. The third kappa shape index (κ3) is 2.81. The van der Waals surface area contributed by atoms with Gasteiger partial charge in [0.15, 0.2) is 0 Å². The molecule has 1 spiro atoms. The minimum Gasteiger partial charge on any atom is -0.368 e. The number of nitrogens with two attached hydrogens (primary N) is 1. The molecule has 0 saturated carbocycles. The van der Waals surface area contributed by atoms with Crippen molar-refractivity contribution in [3.8, 4) is 0 Å². The van der Waals surface area contributed by atoms with E-state index in [1.54, 1.807) is 4.90 Å². The van der Waals surface area contributed by atoms with Crippen LogP contribution in [0.3, 0.4) is 0 Å². The molecule has 2 heterocycles. The molecule has 6 heteroatoms. The monoisotopic (exact) mass is 299 g/mol. The van der Waals surface area contributed by atoms with Crippen LogP contribution in [0, 0.1) is 11.3 Å². The molecule has 2 aliphatic rings. The van der Waals surface area contributed by atoms with E-state index in [9.17, 15) is 9.59 Å². The zero-order valence-corrected chi connectivity index (χ0v) is 13.2. The molecule has 20 heavy (non-hydrogen) atoms. The normalized spacial score (nSPS) is 28.8. The topological polar surface area (TPSA) is 66.6 Å². The Hall–Kier alpha value is -0.750. The van der Waals surface area contributed by atoms with Gasteiger partial charge in [0, 0.05) is 25.4 Å². The molecule has 2 saturated heterocycles. The van der Waals surface area contributed by atoms with Gasteiger partial charge in [0.1, 0.15) is 6.04 Å². The molecular weight excluding hydrogens is 274 g/mol. The zero-order valence-electron chi connectivity index (χ0n) is 12.3. The van der Waals surface area contributed by atoms with E-state index in [2.05, 4.69) is 31.4 Å². The summed E-state index contributed by atoms with van der Waals surface area (Å²) >= 11 is 4.13. The quantitative estimate of drug-likeness (QED) is 0.569. The number of rotatable bonds is 5. The number of carbonyl (C=O) groups is 2. The maximum absolute atomic E-state index is 12.5. The van der Waals surface area contributed by atoms with Crippen LogP contribution >= 0.6 is 12.6 Å². The van der Waals surface area contributed by atoms with Gasteiger partial charge in [-0.1, -0.05) is 13.8 Å². The van der Waals surface area contributed by atoms with Crippen molar-refractivity contribution in [3.63, 3.8) is 0 Å². The smallest absolute Gasteiger partial charge is 0.241 e. The summed E-state index contributed by atoms with van der Waals surface area (Å²) in [7, 11) is 0. The third-order valence-corrected chi connectivity index (χ3v) is 4.69. The van der Waals surface area contributed by atoms with E-state index in [0.29, 0.717) is 18.2 Å². The van der Waals surface area contributed by atoms with E-state index >= 15 is 0 Å². The number of hydrogen-bond donors (Lipinski definition) is 2. The summed E-state index contributed by atoms with van der Waals surface area (Å²) < 4.78 is 0. The van der Waals surface area contributed by atoms with E-state index < -0.39 is 11.9 Å². The van der Waals surface area contributed by atoms with Crippen LogP contribution in [0.4, 0.5) is 0 Å². The van der Waals surface area contributed by atoms with Crippen molar-refractivity contribution < 1.29 is 9.59 Å². The Bertz CT molecular complexity index is 402. The van der Waals surface area contributed by atoms with Crippen LogP contribution < -0.4 is 5.73 Å². The maximum atomic E-state index is 12.5. The highest BCUT2D eigenvalue weighted by Gasteiger charge is 2.56. The van der Waals surface area contributed by atoms with Crippen LogP contribution in [0.25, 0.3) is 0 Å². The Labute approximate surface area is 126 Å². The maximum Gasteiger partial charge on any atom is 0.241 e. The van der Waals surface area contributed by atoms with Gasteiger partial charge in [-0.2, -0.15) is 12.6 Å². The lowest BCUT2D eigenvalue weighted by Crippen LogP contribution is -2.71. The average Bonchev–Trinajstić information content (AvgIpc) is 2.37. The molecule has 2 aliphatic heterocycles. The van der Waals surface area contributed by atoms with Gasteiger partial charge in [-0.05, 0) is 25.3 Å². The highest BCUT2D eigenvalue weighted by atomic mass is 32.1. The van der Waals surface area contributed by atoms with Gasteiger partial charge in [0.2, 0.25) is 11.8 Å². The largest absolute Gasteiger partial charge is 0.368 e. The summed E-state index contributed by atoms with van der Waals surface area (Å²) in [6.07, 6.45) is 1.98. The SMILES string of the molecule is CC(C)CN1CCCC2(C1)CN([C@@H](CS)C(N)=O)C2=O. The molecule has 5 nitrogen and oxygen atoms in total. The molecule has 0 aromatic carbocycles. The molecular formula is C14H25N3O2S. The van der Waals surface area contributed by atoms with Crippen LogP contribution in [0.15, 0.2) is 0 Å². The number of thiol groups is 1. The highest BCUT2D eigenvalue weighted by molar-refractivity contribution is 7.80. The van der Waals surface area contributed by atoms with Crippen LogP contribution in [0.1, 0.15) is 26.7 Å². The zero-order chi connectivity index (χ0) is 14.9. The molecule has 1 unspecified atom stereocenters. The van der Waals surface area contributed by atoms with E-state index in [-0.39, 0.29) is 11.3 Å². The molecule has 0 aliphatic carbocycles. The summed E-state index contributed by atoms with van der Waals surface area (Å²) in [6.45, 7) is 7.95. The highest BCUT2D eigenvalue weighted by Crippen LogP contribution is 2.41. The number of likely N-dealkylation sites (tertiary alicyclic amines) is 2. The van der Waals surface area contributed by atoms with Crippen molar-refractivity contribution in [1.82, 2.24) is 9.80 Å². The molecule has 114 valence electrons. The fourth-order valence-corrected chi connectivity index (χ4v) is 3.85. The first-order chi connectivity index (χ1) is 9.39. The van der Waals surface area contributed by atoms with Crippen molar-refractivity contribution in [2.24, 2.45) is 17.1 Å². The van der Waals surface area contributed by atoms with Crippen LogP contribution in [-0.4, -0.2) is 59.6 Å². The Morgan fingerprint density at radius 1 is 1.45 bits per heavy atom. The number of piperidine rings is 1. The van der Waals surface area contributed by atoms with Crippen molar-refractivity contribution in [3.05, 3.63) is 0 Å². The van der Waals surface area contributed by atoms with Crippen molar-refractivity contribution in [2.45, 2.75) is 32.7 Å². The van der Waals surface area contributed by atoms with E-state index in [1.807, 2.05) is 0 Å². The van der Waals surface area contributed by atoms with Crippen LogP contribution in [0.5, 0.6) is 0 Å². The molecule has 0 aromatic heterocycles. The second-order valence-electron chi connectivity index (χ2n) is 6.55. The van der Waals surface area contributed by atoms with Crippen molar-refractivity contribution in [2.75, 3.05) is 31.9 Å². The molecule has 0 bridgehead atoms. The lowest BCUT2D eigenvalue weighted by atomic mass is 9.71. The molecule has 0 radical (unpaired) electrons. The number of hydrogen-bond acceptors (Lipinski definition) is 4. The average molecular weight is 299 g/mol. The van der Waals surface area contributed by atoms with Gasteiger partial charge >= 0.3 is 0 Å². The van der Waals surface area contributed by atoms with Gasteiger partial charge in [-0.15, -0.1) is 0 Å². The van der Waals surface area contributed by atoms with Crippen LogP contribution in [0.2, 0.25) is 0 Å². The number of primary amides is 1. The first kappa shape index (κ1) is 15.6. The third-order valence-electron chi connectivity index (χ3n) is 4.34. The lowest BCUT2D eigenvalue weighted by Gasteiger charge is -2.55. The van der Waals surface area contributed by atoms with Crippen molar-refractivity contribution >= 4 is 24.4 Å². The molecule has 2 N–H and O–H groups in total. The summed E-state index contributed by atoms with van der Waals surface area (Å²) in [5.74, 6) is 0.529. The summed E-state index contributed by atoms with van der Waals surface area (Å²) in [4.78, 5) is 27.9. The summed E-state index contributed by atoms with van der Waals surface area (Å²) in [5, 5.41) is 0. The fraction of sp³-hybridized carbons (Fsp3) is 0.857. The minimum absolute atomic E-state index is 0.0869.